The van der Waals surface area contributed by atoms with Crippen molar-refractivity contribution in [1.82, 2.24) is 5.32 Å². The van der Waals surface area contributed by atoms with E-state index in [0.717, 1.165) is 22.6 Å². The molecule has 0 amide bonds. The molecular formula is C25H19BrFN3O4. The number of fused-ring (bicyclic) bond motifs is 3. The van der Waals surface area contributed by atoms with Gasteiger partial charge in [0.15, 0.2) is 28.9 Å². The molecule has 0 saturated heterocycles. The summed E-state index contributed by atoms with van der Waals surface area (Å²) in [4.78, 5) is 8.82. The fourth-order valence-electron chi connectivity index (χ4n) is 3.48. The number of methoxy groups -OCH3 is 1. The second-order valence-electron chi connectivity index (χ2n) is 7.48. The lowest BCUT2D eigenvalue weighted by molar-refractivity contribution is 0.173. The Hall–Kier alpha value is -3.81. The smallest absolute Gasteiger partial charge is 0.231 e. The number of benzene rings is 2. The van der Waals surface area contributed by atoms with Gasteiger partial charge in [0, 0.05) is 28.2 Å². The van der Waals surface area contributed by atoms with Gasteiger partial charge in [0.05, 0.1) is 13.4 Å². The molecule has 0 spiro atoms. The summed E-state index contributed by atoms with van der Waals surface area (Å²) in [6.45, 7) is 0.526. The van der Waals surface area contributed by atoms with E-state index < -0.39 is 5.82 Å². The lowest BCUT2D eigenvalue weighted by Crippen LogP contribution is -2.10. The highest BCUT2D eigenvalue weighted by atomic mass is 79.9. The van der Waals surface area contributed by atoms with Crippen LogP contribution in [-0.4, -0.2) is 26.1 Å². The van der Waals surface area contributed by atoms with Gasteiger partial charge < -0.3 is 24.3 Å². The molecule has 3 aliphatic rings. The number of amidine groups is 1. The topological polar surface area (TPSA) is 73.7 Å². The molecule has 5 rings (SSSR count). The summed E-state index contributed by atoms with van der Waals surface area (Å²) < 4.78 is 37.3. The zero-order valence-electron chi connectivity index (χ0n) is 18.1. The van der Waals surface area contributed by atoms with Crippen LogP contribution in [0.4, 0.5) is 10.1 Å². The van der Waals surface area contributed by atoms with Gasteiger partial charge in [0.25, 0.3) is 0 Å². The van der Waals surface area contributed by atoms with Crippen molar-refractivity contribution < 1.29 is 23.3 Å². The fourth-order valence-corrected chi connectivity index (χ4v) is 3.81. The Balaban J connectivity index is 1.45. The van der Waals surface area contributed by atoms with Gasteiger partial charge in [-0.25, -0.2) is 14.4 Å². The largest absolute Gasteiger partial charge is 0.489 e. The predicted octanol–water partition coefficient (Wildman–Crippen LogP) is 5.42. The fraction of sp³-hybridized carbons (Fsp3) is 0.160. The van der Waals surface area contributed by atoms with E-state index in [1.54, 1.807) is 25.3 Å². The van der Waals surface area contributed by atoms with Crippen LogP contribution in [0.2, 0.25) is 0 Å². The molecule has 2 aromatic rings. The molecule has 34 heavy (non-hydrogen) atoms. The lowest BCUT2D eigenvalue weighted by Gasteiger charge is -2.13. The number of rotatable bonds is 5. The average Bonchev–Trinajstić information content (AvgIpc) is 3.19. The Labute approximate surface area is 203 Å². The van der Waals surface area contributed by atoms with Gasteiger partial charge >= 0.3 is 0 Å². The second kappa shape index (κ2) is 9.59. The molecule has 0 aromatic heterocycles. The van der Waals surface area contributed by atoms with Crippen molar-refractivity contribution in [2.45, 2.75) is 13.0 Å². The maximum absolute atomic E-state index is 14.4. The maximum Gasteiger partial charge on any atom is 0.231 e. The van der Waals surface area contributed by atoms with Crippen LogP contribution in [0.15, 0.2) is 91.5 Å². The summed E-state index contributed by atoms with van der Waals surface area (Å²) in [6.07, 6.45) is 5.59. The van der Waals surface area contributed by atoms with E-state index >= 15 is 0 Å². The van der Waals surface area contributed by atoms with E-state index in [1.807, 2.05) is 24.3 Å². The molecule has 0 unspecified atom stereocenters. The molecule has 2 aliphatic heterocycles. The number of hydrogen-bond acceptors (Lipinski definition) is 6. The van der Waals surface area contributed by atoms with Gasteiger partial charge in [-0.15, -0.1) is 0 Å². The molecule has 1 N–H and O–H groups in total. The average molecular weight is 524 g/mol. The van der Waals surface area contributed by atoms with Gasteiger partial charge in [-0.05, 0) is 47.7 Å². The summed E-state index contributed by atoms with van der Waals surface area (Å²) in [5, 5.41) is 3.13. The van der Waals surface area contributed by atoms with Gasteiger partial charge in [-0.1, -0.05) is 22.0 Å². The van der Waals surface area contributed by atoms with E-state index in [2.05, 4.69) is 37.0 Å². The van der Waals surface area contributed by atoms with Crippen molar-refractivity contribution >= 4 is 33.8 Å². The van der Waals surface area contributed by atoms with E-state index in [4.69, 9.17) is 18.9 Å². The van der Waals surface area contributed by atoms with Crippen LogP contribution >= 0.6 is 15.9 Å². The van der Waals surface area contributed by atoms with Crippen LogP contribution in [0.5, 0.6) is 11.5 Å². The third-order valence-electron chi connectivity index (χ3n) is 5.15. The third kappa shape index (κ3) is 4.90. The summed E-state index contributed by atoms with van der Waals surface area (Å²) in [5.74, 6) is 2.27. The number of nitrogens with zero attached hydrogens (tertiary/aromatic N) is 2. The highest BCUT2D eigenvalue weighted by Crippen LogP contribution is 2.33. The van der Waals surface area contributed by atoms with Gasteiger partial charge in [-0.2, -0.15) is 0 Å². The minimum absolute atomic E-state index is 0.192. The van der Waals surface area contributed by atoms with Crippen molar-refractivity contribution in [3.05, 3.63) is 92.9 Å². The number of aliphatic imine (C=N–C) groups is 2. The molecule has 0 atom stereocenters. The predicted molar refractivity (Wildman–Crippen MR) is 129 cm³/mol. The quantitative estimate of drug-likeness (QED) is 0.529. The van der Waals surface area contributed by atoms with Crippen LogP contribution in [0, 0.1) is 5.82 Å². The molecule has 0 fully saturated rings. The summed E-state index contributed by atoms with van der Waals surface area (Å²) in [7, 11) is 1.55. The van der Waals surface area contributed by atoms with E-state index in [0.29, 0.717) is 40.6 Å². The molecule has 0 radical (unpaired) electrons. The first kappa shape index (κ1) is 22.0. The van der Waals surface area contributed by atoms with Gasteiger partial charge in [-0.3, -0.25) is 0 Å². The third-order valence-corrected chi connectivity index (χ3v) is 5.64. The van der Waals surface area contributed by atoms with Gasteiger partial charge in [0.1, 0.15) is 18.1 Å². The number of ether oxygens (including phenoxy) is 4. The molecule has 7 nitrogen and oxygen atoms in total. The first-order chi connectivity index (χ1) is 16.6. The van der Waals surface area contributed by atoms with Crippen LogP contribution in [0.3, 0.4) is 0 Å². The number of nitrogens with one attached hydrogen (secondary N) is 1. The van der Waals surface area contributed by atoms with Crippen molar-refractivity contribution in [3.63, 3.8) is 0 Å². The van der Waals surface area contributed by atoms with Crippen LogP contribution in [0.1, 0.15) is 12.0 Å². The minimum atomic E-state index is -0.446. The zero-order chi connectivity index (χ0) is 23.5. The number of hydrogen-bond donors (Lipinski definition) is 1. The SMILES string of the molecule is COC1=C=C(OCc2ccc3c(c2)OCO3)/C=C2\CC(=C1)C(=Nc1ccc(Br)cc1F)N=CN2. The Bertz CT molecular complexity index is 1340. The Morgan fingerprint density at radius 3 is 2.88 bits per heavy atom. The second-order valence-corrected chi connectivity index (χ2v) is 8.40. The molecular weight excluding hydrogens is 505 g/mol. The zero-order valence-corrected chi connectivity index (χ0v) is 19.7. The molecule has 2 aromatic carbocycles. The number of halogens is 2. The first-order valence-corrected chi connectivity index (χ1v) is 11.2. The summed E-state index contributed by atoms with van der Waals surface area (Å²) in [5.41, 5.74) is 5.82. The van der Waals surface area contributed by atoms with E-state index in [9.17, 15) is 4.39 Å². The first-order valence-electron chi connectivity index (χ1n) is 10.4. The van der Waals surface area contributed by atoms with E-state index in [1.165, 1.54) is 12.4 Å². The van der Waals surface area contributed by atoms with E-state index in [-0.39, 0.29) is 12.5 Å². The van der Waals surface area contributed by atoms with Crippen LogP contribution in [-0.2, 0) is 16.1 Å². The van der Waals surface area contributed by atoms with Crippen LogP contribution in [0.25, 0.3) is 0 Å². The van der Waals surface area contributed by atoms with Crippen LogP contribution < -0.4 is 14.8 Å². The molecule has 1 aliphatic carbocycles. The highest BCUT2D eigenvalue weighted by molar-refractivity contribution is 9.10. The van der Waals surface area contributed by atoms with Crippen molar-refractivity contribution in [1.29, 1.82) is 0 Å². The monoisotopic (exact) mass is 523 g/mol. The summed E-state index contributed by atoms with van der Waals surface area (Å²) in [6, 6.07) is 10.3. The van der Waals surface area contributed by atoms with Crippen molar-refractivity contribution in [2.75, 3.05) is 13.9 Å². The molecule has 172 valence electrons. The Morgan fingerprint density at radius 2 is 2.03 bits per heavy atom. The van der Waals surface area contributed by atoms with Gasteiger partial charge in [0.2, 0.25) is 6.79 Å². The Kier molecular flexibility index (Phi) is 6.20. The Morgan fingerprint density at radius 1 is 1.15 bits per heavy atom. The normalized spacial score (nSPS) is 19.0. The maximum atomic E-state index is 14.4. The highest BCUT2D eigenvalue weighted by Gasteiger charge is 2.18. The van der Waals surface area contributed by atoms with Crippen molar-refractivity contribution in [2.24, 2.45) is 9.98 Å². The minimum Gasteiger partial charge on any atom is -0.489 e. The number of allylic oxidation sites excluding steroid dienone is 2. The molecule has 2 heterocycles. The molecule has 9 heteroatoms. The summed E-state index contributed by atoms with van der Waals surface area (Å²) >= 11 is 3.26. The molecule has 0 saturated carbocycles. The van der Waals surface area contributed by atoms with Crippen molar-refractivity contribution in [3.8, 4) is 11.5 Å². The molecule has 2 bridgehead atoms. The standard InChI is InChI=1S/C25H19BrFN3O4/c1-31-19-8-16-7-18(28-13-29-25(16)30-22-4-3-17(26)9-21(22)27)10-20(11-19)32-12-15-2-5-23-24(6-15)34-14-33-23/h2-6,8-10,13H,7,12,14H2,1H3,(H,28,29,30)/b16-8?,18-10+. The lowest BCUT2D eigenvalue weighted by atomic mass is 10.1.